The van der Waals surface area contributed by atoms with Crippen LogP contribution in [-0.4, -0.2) is 29.6 Å². The van der Waals surface area contributed by atoms with Crippen molar-refractivity contribution in [2.24, 2.45) is 0 Å². The van der Waals surface area contributed by atoms with Crippen LogP contribution in [0, 0.1) is 0 Å². The molecule has 1 unspecified atom stereocenters. The van der Waals surface area contributed by atoms with Crippen LogP contribution < -0.4 is 5.32 Å². The number of hydrogen-bond acceptors (Lipinski definition) is 3. The van der Waals surface area contributed by atoms with E-state index in [1.165, 1.54) is 55.6 Å². The van der Waals surface area contributed by atoms with Crippen molar-refractivity contribution in [1.82, 2.24) is 10.2 Å². The molecular weight excluding hydrogens is 300 g/mol. The van der Waals surface area contributed by atoms with E-state index in [9.17, 15) is 0 Å². The first-order valence-corrected chi connectivity index (χ1v) is 9.42. The minimum atomic E-state index is 0.309. The number of hydrogen-bond donors (Lipinski definition) is 1. The monoisotopic (exact) mass is 326 g/mol. The Hall–Kier alpha value is -0.0900. The van der Waals surface area contributed by atoms with Gasteiger partial charge < -0.3 is 5.32 Å². The number of nitrogens with one attached hydrogen (secondary N) is 1. The zero-order chi connectivity index (χ0) is 15.0. The number of thiophene rings is 1. The number of rotatable bonds is 2. The van der Waals surface area contributed by atoms with E-state index in [1.54, 1.807) is 11.3 Å². The molecule has 1 aliphatic carbocycles. The maximum atomic E-state index is 6.21. The maximum absolute atomic E-state index is 6.21. The third kappa shape index (κ3) is 3.64. The van der Waals surface area contributed by atoms with E-state index in [0.29, 0.717) is 17.6 Å². The van der Waals surface area contributed by atoms with Crippen LogP contribution in [0.4, 0.5) is 0 Å². The zero-order valence-electron chi connectivity index (χ0n) is 13.4. The summed E-state index contributed by atoms with van der Waals surface area (Å²) in [5.74, 6) is 0. The molecule has 2 nitrogen and oxygen atoms in total. The van der Waals surface area contributed by atoms with Gasteiger partial charge in [0.2, 0.25) is 0 Å². The molecule has 1 aromatic rings. The molecule has 3 rings (SSSR count). The summed E-state index contributed by atoms with van der Waals surface area (Å²) >= 11 is 7.99. The van der Waals surface area contributed by atoms with Crippen LogP contribution in [0.3, 0.4) is 0 Å². The van der Waals surface area contributed by atoms with Gasteiger partial charge in [0.05, 0.1) is 4.34 Å². The summed E-state index contributed by atoms with van der Waals surface area (Å²) in [5, 5.41) is 3.92. The lowest BCUT2D eigenvalue weighted by Crippen LogP contribution is -2.50. The molecule has 0 amide bonds. The lowest BCUT2D eigenvalue weighted by atomic mass is 9.91. The summed E-state index contributed by atoms with van der Waals surface area (Å²) in [7, 11) is 0. The molecule has 1 fully saturated rings. The molecule has 4 heteroatoms. The van der Waals surface area contributed by atoms with Crippen LogP contribution in [0.5, 0.6) is 0 Å². The lowest BCUT2D eigenvalue weighted by Gasteiger charge is -2.42. The summed E-state index contributed by atoms with van der Waals surface area (Å²) in [6, 6.07) is 3.39. The second kappa shape index (κ2) is 6.19. The third-order valence-electron chi connectivity index (χ3n) is 4.96. The Morgan fingerprint density at radius 2 is 1.95 bits per heavy atom. The smallest absolute Gasteiger partial charge is 0.0934 e. The number of aryl methyl sites for hydroxylation is 1. The molecule has 0 radical (unpaired) electrons. The quantitative estimate of drug-likeness (QED) is 0.852. The van der Waals surface area contributed by atoms with Crippen molar-refractivity contribution in [2.75, 3.05) is 13.1 Å². The molecule has 0 aromatic carbocycles. The fraction of sp³-hybridized carbons (Fsp3) is 0.765. The topological polar surface area (TPSA) is 15.3 Å². The molecule has 0 spiro atoms. The highest BCUT2D eigenvalue weighted by Gasteiger charge is 2.30. The van der Waals surface area contributed by atoms with E-state index in [-0.39, 0.29) is 0 Å². The number of nitrogens with zero attached hydrogens (tertiary/aromatic N) is 1. The Bertz CT molecular complexity index is 483. The molecule has 1 saturated heterocycles. The standard InChI is InChI=1S/C17H27ClN2S/c1-17(2,3)20-9-7-12(8-10-20)19-14-5-4-6-15-13(14)11-16(18)21-15/h11-12,14,19H,4-10H2,1-3H3. The van der Waals surface area contributed by atoms with Gasteiger partial charge in [-0.05, 0) is 64.5 Å². The Balaban J connectivity index is 1.59. The molecule has 0 saturated carbocycles. The van der Waals surface area contributed by atoms with E-state index < -0.39 is 0 Å². The van der Waals surface area contributed by atoms with E-state index >= 15 is 0 Å². The van der Waals surface area contributed by atoms with Crippen molar-refractivity contribution >= 4 is 22.9 Å². The van der Waals surface area contributed by atoms with E-state index in [4.69, 9.17) is 11.6 Å². The van der Waals surface area contributed by atoms with Gasteiger partial charge >= 0.3 is 0 Å². The number of fused-ring (bicyclic) bond motifs is 1. The van der Waals surface area contributed by atoms with Crippen molar-refractivity contribution in [3.05, 3.63) is 20.8 Å². The number of likely N-dealkylation sites (tertiary alicyclic amines) is 1. The highest BCUT2D eigenvalue weighted by Crippen LogP contribution is 2.38. The third-order valence-corrected chi connectivity index (χ3v) is 6.30. The Morgan fingerprint density at radius 1 is 1.24 bits per heavy atom. The van der Waals surface area contributed by atoms with E-state index in [0.717, 1.165) is 4.34 Å². The van der Waals surface area contributed by atoms with Crippen LogP contribution in [-0.2, 0) is 6.42 Å². The average Bonchev–Trinajstić information content (AvgIpc) is 2.80. The summed E-state index contributed by atoms with van der Waals surface area (Å²) in [4.78, 5) is 4.12. The molecule has 1 atom stereocenters. The molecule has 2 heterocycles. The van der Waals surface area contributed by atoms with Crippen molar-refractivity contribution in [3.63, 3.8) is 0 Å². The zero-order valence-corrected chi connectivity index (χ0v) is 15.0. The first-order chi connectivity index (χ1) is 9.93. The van der Waals surface area contributed by atoms with Gasteiger partial charge in [-0.15, -0.1) is 11.3 Å². The molecular formula is C17H27ClN2S. The summed E-state index contributed by atoms with van der Waals surface area (Å²) in [6.45, 7) is 9.39. The molecule has 0 bridgehead atoms. The van der Waals surface area contributed by atoms with Crippen LogP contribution >= 0.6 is 22.9 Å². The molecule has 1 aromatic heterocycles. The predicted octanol–water partition coefficient (Wildman–Crippen LogP) is 4.63. The molecule has 118 valence electrons. The van der Waals surface area contributed by atoms with Gasteiger partial charge in [0.1, 0.15) is 0 Å². The van der Waals surface area contributed by atoms with Crippen molar-refractivity contribution in [3.8, 4) is 0 Å². The van der Waals surface area contributed by atoms with E-state index in [1.807, 2.05) is 0 Å². The first-order valence-electron chi connectivity index (χ1n) is 8.22. The highest BCUT2D eigenvalue weighted by atomic mass is 35.5. The van der Waals surface area contributed by atoms with E-state index in [2.05, 4.69) is 37.1 Å². The van der Waals surface area contributed by atoms with Gasteiger partial charge in [0, 0.05) is 35.6 Å². The molecule has 1 aliphatic heterocycles. The SMILES string of the molecule is CC(C)(C)N1CCC(NC2CCCc3sc(Cl)cc32)CC1. The van der Waals surface area contributed by atoms with Crippen LogP contribution in [0.25, 0.3) is 0 Å². The second-order valence-electron chi connectivity index (χ2n) is 7.47. The predicted molar refractivity (Wildman–Crippen MR) is 92.5 cm³/mol. The minimum Gasteiger partial charge on any atom is -0.307 e. The second-order valence-corrected chi connectivity index (χ2v) is 9.24. The van der Waals surface area contributed by atoms with Crippen molar-refractivity contribution < 1.29 is 0 Å². The van der Waals surface area contributed by atoms with Gasteiger partial charge in [-0.25, -0.2) is 0 Å². The molecule has 1 N–H and O–H groups in total. The van der Waals surface area contributed by atoms with Gasteiger partial charge in [-0.2, -0.15) is 0 Å². The van der Waals surface area contributed by atoms with Gasteiger partial charge in [-0.3, -0.25) is 4.90 Å². The average molecular weight is 327 g/mol. The summed E-state index contributed by atoms with van der Waals surface area (Å²) < 4.78 is 0.955. The Morgan fingerprint density at radius 3 is 2.62 bits per heavy atom. The van der Waals surface area contributed by atoms with Gasteiger partial charge in [0.25, 0.3) is 0 Å². The fourth-order valence-corrected chi connectivity index (χ4v) is 5.08. The highest BCUT2D eigenvalue weighted by molar-refractivity contribution is 7.16. The molecule has 2 aliphatic rings. The normalized spacial score (nSPS) is 25.0. The Kier molecular flexibility index (Phi) is 4.66. The van der Waals surface area contributed by atoms with Gasteiger partial charge in [0.15, 0.2) is 0 Å². The van der Waals surface area contributed by atoms with Crippen molar-refractivity contribution in [1.29, 1.82) is 0 Å². The summed E-state index contributed by atoms with van der Waals surface area (Å²) in [6.07, 6.45) is 6.30. The summed E-state index contributed by atoms with van der Waals surface area (Å²) in [5.41, 5.74) is 1.79. The molecule has 21 heavy (non-hydrogen) atoms. The van der Waals surface area contributed by atoms with Crippen LogP contribution in [0.2, 0.25) is 4.34 Å². The van der Waals surface area contributed by atoms with Crippen LogP contribution in [0.15, 0.2) is 6.07 Å². The maximum Gasteiger partial charge on any atom is 0.0934 e. The minimum absolute atomic E-state index is 0.309. The number of piperidine rings is 1. The largest absolute Gasteiger partial charge is 0.307 e. The first kappa shape index (κ1) is 15.8. The van der Waals surface area contributed by atoms with Crippen molar-refractivity contribution in [2.45, 2.75) is 70.5 Å². The van der Waals surface area contributed by atoms with Crippen LogP contribution in [0.1, 0.15) is 62.9 Å². The number of halogens is 1. The fourth-order valence-electron chi connectivity index (χ4n) is 3.70. The lowest BCUT2D eigenvalue weighted by molar-refractivity contribution is 0.0931. The Labute approximate surface area is 137 Å². The van der Waals surface area contributed by atoms with Gasteiger partial charge in [-0.1, -0.05) is 11.6 Å².